The minimum absolute atomic E-state index is 0.251. The summed E-state index contributed by atoms with van der Waals surface area (Å²) in [5.41, 5.74) is 12.5. The molecule has 8 heteroatoms. The Labute approximate surface area is 421 Å². The first kappa shape index (κ1) is 43.2. The summed E-state index contributed by atoms with van der Waals surface area (Å²) in [7, 11) is 0. The number of carbonyl (C=O) groups is 4. The number of hydrogen-bond acceptors (Lipinski definition) is 4. The van der Waals surface area contributed by atoms with Gasteiger partial charge in [0.25, 0.3) is 23.6 Å². The zero-order chi connectivity index (χ0) is 47.6. The first-order chi connectivity index (χ1) is 34.2. The highest BCUT2D eigenvalue weighted by atomic mass is 79.9. The van der Waals surface area contributed by atoms with Gasteiger partial charge in [-0.15, -0.1) is 0 Å². The highest BCUT2D eigenvalue weighted by molar-refractivity contribution is 9.10. The van der Waals surface area contributed by atoms with Crippen molar-refractivity contribution < 1.29 is 19.2 Å². The number of rotatable bonds is 6. The molecular formula is C62H36Br2N2O4. The fourth-order valence-corrected chi connectivity index (χ4v) is 11.0. The minimum Gasteiger partial charge on any atom is -0.268 e. The predicted octanol–water partition coefficient (Wildman–Crippen LogP) is 14.1. The molecule has 4 amide bonds. The van der Waals surface area contributed by atoms with Crippen LogP contribution in [-0.2, 0) is 0 Å². The van der Waals surface area contributed by atoms with Gasteiger partial charge in [0.2, 0.25) is 0 Å². The van der Waals surface area contributed by atoms with Crippen molar-refractivity contribution in [3.8, 4) is 23.7 Å². The normalized spacial score (nSPS) is 16.1. The predicted molar refractivity (Wildman–Crippen MR) is 286 cm³/mol. The summed E-state index contributed by atoms with van der Waals surface area (Å²) in [5, 5.41) is 1.67. The van der Waals surface area contributed by atoms with Crippen molar-refractivity contribution in [1.82, 2.24) is 0 Å². The van der Waals surface area contributed by atoms with Gasteiger partial charge in [-0.3, -0.25) is 19.2 Å². The third kappa shape index (κ3) is 7.36. The molecule has 0 unspecified atom stereocenters. The zero-order valence-electron chi connectivity index (χ0n) is 37.3. The van der Waals surface area contributed by atoms with E-state index in [9.17, 15) is 19.2 Å². The Balaban J connectivity index is 0.874. The van der Waals surface area contributed by atoms with Crippen molar-refractivity contribution in [1.29, 1.82) is 0 Å². The SMILES string of the molecule is O=C1c2c(Br)ccc(C#Cc3ccc(C#Cc4ccc(Br)c5c4C(=O)N(c4cc(C6=CCC=C6)cc(C6=CC=CC6)c4)C5=O)c4ccccc34)c2C(=O)N1c1cc(C2=CCC=C2)cc(C2=CC=CC2)c1. The molecule has 6 aromatic rings. The van der Waals surface area contributed by atoms with E-state index >= 15 is 0 Å². The van der Waals surface area contributed by atoms with Gasteiger partial charge in [-0.1, -0.05) is 121 Å². The van der Waals surface area contributed by atoms with E-state index in [1.165, 1.54) is 9.80 Å². The highest BCUT2D eigenvalue weighted by Crippen LogP contribution is 2.41. The number of allylic oxidation sites excluding steroid dienone is 16. The second-order valence-electron chi connectivity index (χ2n) is 17.6. The van der Waals surface area contributed by atoms with Crippen LogP contribution in [0.25, 0.3) is 33.1 Å². The van der Waals surface area contributed by atoms with E-state index in [0.717, 1.165) is 81.0 Å². The lowest BCUT2D eigenvalue weighted by Crippen LogP contribution is -2.29. The first-order valence-electron chi connectivity index (χ1n) is 22.9. The van der Waals surface area contributed by atoms with Crippen LogP contribution in [0.1, 0.15) is 112 Å². The largest absolute Gasteiger partial charge is 0.268 e. The Bertz CT molecular complexity index is 3600. The quantitative estimate of drug-likeness (QED) is 0.123. The molecule has 6 aliphatic rings. The molecule has 0 aromatic heterocycles. The van der Waals surface area contributed by atoms with E-state index in [1.807, 2.05) is 72.8 Å². The van der Waals surface area contributed by atoms with Crippen LogP contribution in [-0.4, -0.2) is 23.6 Å². The van der Waals surface area contributed by atoms with Crippen molar-refractivity contribution in [2.45, 2.75) is 25.7 Å². The standard InChI is InChI=1S/C62H36Br2N2O4/c63-53-29-27-43(55-57(53)61(69)65(59(55)67)49-33-45(37-11-1-2-12-37)31-46(34-49)38-13-3-4-14-38)25-23-41-21-22-42(52-20-10-9-19-51(41)52)24-26-44-28-30-54(64)58-56(44)60(68)66(62(58)70)50-35-47(39-15-5-6-16-39)32-48(36-50)40-17-7-8-18-40/h1-3,5-7,9-11,13-15,17-22,27-36H,4,8,12,16H2. The van der Waals surface area contributed by atoms with Crippen LogP contribution in [0.2, 0.25) is 0 Å². The topological polar surface area (TPSA) is 74.8 Å². The summed E-state index contributed by atoms with van der Waals surface area (Å²) < 4.78 is 1.04. The fourth-order valence-electron chi connectivity index (χ4n) is 9.96. The van der Waals surface area contributed by atoms with Gasteiger partial charge >= 0.3 is 0 Å². The molecule has 0 bridgehead atoms. The summed E-state index contributed by atoms with van der Waals surface area (Å²) in [5.74, 6) is 11.5. The maximum Gasteiger partial charge on any atom is 0.267 e. The molecule has 0 spiro atoms. The third-order valence-corrected chi connectivity index (χ3v) is 14.7. The minimum atomic E-state index is -0.432. The van der Waals surface area contributed by atoms with E-state index in [4.69, 9.17) is 0 Å². The molecule has 0 radical (unpaired) electrons. The van der Waals surface area contributed by atoms with Crippen LogP contribution in [0, 0.1) is 23.7 Å². The Morgan fingerprint density at radius 3 is 1.23 bits per heavy atom. The second kappa shape index (κ2) is 17.4. The van der Waals surface area contributed by atoms with E-state index in [1.54, 1.807) is 24.3 Å². The van der Waals surface area contributed by atoms with Crippen LogP contribution in [0.3, 0.4) is 0 Å². The number of nitrogens with zero attached hydrogens (tertiary/aromatic N) is 2. The molecule has 0 N–H and O–H groups in total. The van der Waals surface area contributed by atoms with Gasteiger partial charge in [-0.2, -0.15) is 0 Å². The first-order valence-corrected chi connectivity index (χ1v) is 24.5. The van der Waals surface area contributed by atoms with E-state index < -0.39 is 23.6 Å². The van der Waals surface area contributed by atoms with Gasteiger partial charge in [-0.25, -0.2) is 9.80 Å². The summed E-state index contributed by atoms with van der Waals surface area (Å²) in [6.45, 7) is 0. The summed E-state index contributed by atoms with van der Waals surface area (Å²) in [6.07, 6.45) is 28.2. The van der Waals surface area contributed by atoms with Crippen molar-refractivity contribution in [3.63, 3.8) is 0 Å². The number of benzene rings is 6. The molecule has 4 aliphatic carbocycles. The monoisotopic (exact) mass is 1030 g/mol. The Kier molecular flexibility index (Phi) is 10.7. The van der Waals surface area contributed by atoms with Gasteiger partial charge in [0.15, 0.2) is 0 Å². The highest BCUT2D eigenvalue weighted by Gasteiger charge is 2.42. The Morgan fingerprint density at radius 2 is 0.829 bits per heavy atom. The van der Waals surface area contributed by atoms with Crippen molar-refractivity contribution in [2.75, 3.05) is 9.80 Å². The molecule has 12 rings (SSSR count). The molecule has 6 nitrogen and oxygen atoms in total. The number of hydrogen-bond donors (Lipinski definition) is 0. The smallest absolute Gasteiger partial charge is 0.267 e. The molecule has 0 saturated heterocycles. The van der Waals surface area contributed by atoms with E-state index in [2.05, 4.69) is 128 Å². The molecule has 0 fully saturated rings. The maximum absolute atomic E-state index is 14.5. The lowest BCUT2D eigenvalue weighted by Gasteiger charge is -2.18. The summed E-state index contributed by atoms with van der Waals surface area (Å²) in [6, 6.07) is 30.6. The molecule has 0 saturated carbocycles. The van der Waals surface area contributed by atoms with Crippen molar-refractivity contribution in [2.24, 2.45) is 0 Å². The average Bonchev–Trinajstić information content (AvgIpc) is 4.25. The summed E-state index contributed by atoms with van der Waals surface area (Å²) in [4.78, 5) is 60.3. The van der Waals surface area contributed by atoms with Gasteiger partial charge in [-0.05, 0) is 186 Å². The number of halogens is 2. The van der Waals surface area contributed by atoms with Crippen LogP contribution in [0.4, 0.5) is 11.4 Å². The zero-order valence-corrected chi connectivity index (χ0v) is 40.4. The number of imide groups is 2. The van der Waals surface area contributed by atoms with Crippen LogP contribution in [0.5, 0.6) is 0 Å². The third-order valence-electron chi connectivity index (χ3n) is 13.4. The van der Waals surface area contributed by atoms with Crippen molar-refractivity contribution >= 4 is 99.9 Å². The van der Waals surface area contributed by atoms with Gasteiger partial charge in [0.05, 0.1) is 33.6 Å². The molecule has 70 heavy (non-hydrogen) atoms. The van der Waals surface area contributed by atoms with Crippen LogP contribution < -0.4 is 9.80 Å². The van der Waals surface area contributed by atoms with Gasteiger partial charge in [0.1, 0.15) is 0 Å². The molecule has 2 heterocycles. The summed E-state index contributed by atoms with van der Waals surface area (Å²) >= 11 is 7.16. The number of anilines is 2. The Hall–Kier alpha value is -8.14. The van der Waals surface area contributed by atoms with Gasteiger partial charge < -0.3 is 0 Å². The number of fused-ring (bicyclic) bond motifs is 3. The molecule has 6 aromatic carbocycles. The second-order valence-corrected chi connectivity index (χ2v) is 19.3. The number of amides is 4. The molecular weight excluding hydrogens is 996 g/mol. The van der Waals surface area contributed by atoms with E-state index in [-0.39, 0.29) is 22.3 Å². The van der Waals surface area contributed by atoms with Crippen molar-refractivity contribution in [3.05, 3.63) is 246 Å². The maximum atomic E-state index is 14.5. The van der Waals surface area contributed by atoms with Crippen LogP contribution >= 0.6 is 31.9 Å². The molecule has 332 valence electrons. The fraction of sp³-hybridized carbons (Fsp3) is 0.0645. The van der Waals surface area contributed by atoms with Gasteiger partial charge in [0, 0.05) is 31.2 Å². The molecule has 0 atom stereocenters. The average molecular weight is 1030 g/mol. The number of carbonyl (C=O) groups excluding carboxylic acids is 4. The molecule has 2 aliphatic heterocycles. The lowest BCUT2D eigenvalue weighted by atomic mass is 9.97. The van der Waals surface area contributed by atoms with Crippen LogP contribution in [0.15, 0.2) is 179 Å². The van der Waals surface area contributed by atoms with E-state index in [0.29, 0.717) is 42.6 Å². The lowest BCUT2D eigenvalue weighted by molar-refractivity contribution is 0.0910. The Morgan fingerprint density at radius 1 is 0.429 bits per heavy atom.